The molecule has 3 heteroatoms. The van der Waals surface area contributed by atoms with Gasteiger partial charge in [0.2, 0.25) is 5.91 Å². The number of hydrogen-bond acceptors (Lipinski definition) is 3. The molecule has 2 N–H and O–H groups in total. The summed E-state index contributed by atoms with van der Waals surface area (Å²) >= 11 is 0. The summed E-state index contributed by atoms with van der Waals surface area (Å²) in [6.45, 7) is 3.50. The third-order valence-corrected chi connectivity index (χ3v) is 2.40. The summed E-state index contributed by atoms with van der Waals surface area (Å²) in [6, 6.07) is 0. The maximum absolute atomic E-state index is 5.83. The quantitative estimate of drug-likeness (QED) is 0.647. The van der Waals surface area contributed by atoms with Crippen LogP contribution in [0.15, 0.2) is 0 Å². The predicted octanol–water partition coefficient (Wildman–Crippen LogP) is 2.01. The summed E-state index contributed by atoms with van der Waals surface area (Å²) < 4.78 is 10.6. The van der Waals surface area contributed by atoms with E-state index >= 15 is 0 Å². The molecule has 1 aliphatic heterocycles. The van der Waals surface area contributed by atoms with Crippen LogP contribution < -0.4 is 5.73 Å². The number of rotatable bonds is 6. The van der Waals surface area contributed by atoms with Gasteiger partial charge in [-0.2, -0.15) is 0 Å². The van der Waals surface area contributed by atoms with E-state index in [9.17, 15) is 0 Å². The van der Waals surface area contributed by atoms with Crippen LogP contribution in [0.4, 0.5) is 0 Å². The molecule has 0 unspecified atom stereocenters. The van der Waals surface area contributed by atoms with E-state index in [-0.39, 0.29) is 0 Å². The Balaban J connectivity index is 1.98. The zero-order chi connectivity index (χ0) is 9.57. The lowest BCUT2D eigenvalue weighted by atomic mass is 10.1. The van der Waals surface area contributed by atoms with E-state index in [2.05, 4.69) is 6.92 Å². The minimum absolute atomic E-state index is 0.644. The lowest BCUT2D eigenvalue weighted by Crippen LogP contribution is -2.40. The predicted molar refractivity (Wildman–Crippen MR) is 52.2 cm³/mol. The van der Waals surface area contributed by atoms with E-state index in [1.54, 1.807) is 0 Å². The molecule has 1 saturated heterocycles. The second kappa shape index (κ2) is 5.58. The molecule has 0 amide bonds. The smallest absolute Gasteiger partial charge is 0.224 e. The number of nitrogens with two attached hydrogens (primary N) is 1. The van der Waals surface area contributed by atoms with Crippen LogP contribution in [-0.4, -0.2) is 19.1 Å². The molecule has 13 heavy (non-hydrogen) atoms. The van der Waals surface area contributed by atoms with Crippen molar-refractivity contribution >= 4 is 0 Å². The van der Waals surface area contributed by atoms with Gasteiger partial charge < -0.3 is 9.47 Å². The van der Waals surface area contributed by atoms with Gasteiger partial charge in [0.05, 0.1) is 13.2 Å². The van der Waals surface area contributed by atoms with Gasteiger partial charge in [0.1, 0.15) is 0 Å². The van der Waals surface area contributed by atoms with Crippen molar-refractivity contribution in [2.75, 3.05) is 13.2 Å². The Kier molecular flexibility index (Phi) is 4.70. The van der Waals surface area contributed by atoms with Gasteiger partial charge in [-0.25, -0.2) is 0 Å². The van der Waals surface area contributed by atoms with Crippen molar-refractivity contribution in [3.63, 3.8) is 0 Å². The van der Waals surface area contributed by atoms with Crippen molar-refractivity contribution in [1.29, 1.82) is 0 Å². The van der Waals surface area contributed by atoms with Gasteiger partial charge in [0, 0.05) is 6.42 Å². The van der Waals surface area contributed by atoms with Crippen LogP contribution in [0.2, 0.25) is 0 Å². The minimum atomic E-state index is -0.758. The molecule has 1 fully saturated rings. The highest BCUT2D eigenvalue weighted by atomic mass is 16.8. The number of ether oxygens (including phenoxy) is 2. The average molecular weight is 187 g/mol. The molecule has 0 saturated carbocycles. The molecule has 1 heterocycles. The molecule has 0 aliphatic carbocycles. The van der Waals surface area contributed by atoms with Crippen LogP contribution in [0.5, 0.6) is 0 Å². The Labute approximate surface area is 80.6 Å². The van der Waals surface area contributed by atoms with Gasteiger partial charge in [-0.05, 0) is 6.42 Å². The highest BCUT2D eigenvalue weighted by Crippen LogP contribution is 2.20. The summed E-state index contributed by atoms with van der Waals surface area (Å²) in [6.07, 6.45) is 7.07. The number of unbranched alkanes of at least 4 members (excludes halogenated alkanes) is 4. The van der Waals surface area contributed by atoms with Gasteiger partial charge in [-0.1, -0.05) is 32.6 Å². The van der Waals surface area contributed by atoms with E-state index in [1.165, 1.54) is 25.7 Å². The maximum atomic E-state index is 5.83. The molecular weight excluding hydrogens is 166 g/mol. The summed E-state index contributed by atoms with van der Waals surface area (Å²) in [7, 11) is 0. The van der Waals surface area contributed by atoms with E-state index < -0.39 is 5.91 Å². The molecule has 1 aliphatic rings. The van der Waals surface area contributed by atoms with E-state index in [4.69, 9.17) is 15.2 Å². The van der Waals surface area contributed by atoms with Crippen molar-refractivity contribution in [1.82, 2.24) is 0 Å². The van der Waals surface area contributed by atoms with Crippen LogP contribution in [0, 0.1) is 0 Å². The van der Waals surface area contributed by atoms with Crippen LogP contribution >= 0.6 is 0 Å². The molecular formula is C10H21NO2. The summed E-state index contributed by atoms with van der Waals surface area (Å²) in [5.41, 5.74) is 5.83. The first-order chi connectivity index (χ1) is 6.27. The van der Waals surface area contributed by atoms with E-state index in [0.29, 0.717) is 13.2 Å². The van der Waals surface area contributed by atoms with Crippen molar-refractivity contribution in [2.24, 2.45) is 5.73 Å². The van der Waals surface area contributed by atoms with Crippen molar-refractivity contribution in [2.45, 2.75) is 51.4 Å². The molecule has 0 bridgehead atoms. The topological polar surface area (TPSA) is 44.5 Å². The molecule has 0 aromatic heterocycles. The van der Waals surface area contributed by atoms with Gasteiger partial charge in [0.25, 0.3) is 0 Å². The zero-order valence-corrected chi connectivity index (χ0v) is 8.55. The SMILES string of the molecule is CCCCCCCC1(N)OCCO1. The molecule has 1 rings (SSSR count). The molecule has 0 aromatic carbocycles. The van der Waals surface area contributed by atoms with Crippen LogP contribution in [0.25, 0.3) is 0 Å². The first-order valence-corrected chi connectivity index (χ1v) is 5.33. The zero-order valence-electron chi connectivity index (χ0n) is 8.55. The molecule has 78 valence electrons. The highest BCUT2D eigenvalue weighted by molar-refractivity contribution is 4.66. The van der Waals surface area contributed by atoms with Gasteiger partial charge >= 0.3 is 0 Å². The van der Waals surface area contributed by atoms with E-state index in [0.717, 1.165) is 12.8 Å². The van der Waals surface area contributed by atoms with Crippen LogP contribution in [0.3, 0.4) is 0 Å². The van der Waals surface area contributed by atoms with Crippen LogP contribution in [0.1, 0.15) is 45.4 Å². The fourth-order valence-electron chi connectivity index (χ4n) is 1.59. The second-order valence-corrected chi connectivity index (χ2v) is 3.67. The summed E-state index contributed by atoms with van der Waals surface area (Å²) in [5, 5.41) is 0. The summed E-state index contributed by atoms with van der Waals surface area (Å²) in [4.78, 5) is 0. The Bertz CT molecular complexity index is 133. The summed E-state index contributed by atoms with van der Waals surface area (Å²) in [5.74, 6) is -0.758. The van der Waals surface area contributed by atoms with Gasteiger partial charge in [0.15, 0.2) is 0 Å². The normalized spacial score (nSPS) is 20.8. The average Bonchev–Trinajstić information content (AvgIpc) is 2.53. The Morgan fingerprint density at radius 1 is 1.08 bits per heavy atom. The standard InChI is InChI=1S/C10H21NO2/c1-2-3-4-5-6-7-10(11)12-8-9-13-10/h2-9,11H2,1H3. The largest absolute Gasteiger partial charge is 0.335 e. The first-order valence-electron chi connectivity index (χ1n) is 5.33. The fraction of sp³-hybridized carbons (Fsp3) is 1.00. The van der Waals surface area contributed by atoms with E-state index in [1.807, 2.05) is 0 Å². The van der Waals surface area contributed by atoms with Crippen LogP contribution in [-0.2, 0) is 9.47 Å². The van der Waals surface area contributed by atoms with Crippen molar-refractivity contribution < 1.29 is 9.47 Å². The third kappa shape index (κ3) is 4.07. The third-order valence-electron chi connectivity index (χ3n) is 2.40. The second-order valence-electron chi connectivity index (χ2n) is 3.67. The molecule has 0 radical (unpaired) electrons. The van der Waals surface area contributed by atoms with Crippen molar-refractivity contribution in [3.05, 3.63) is 0 Å². The highest BCUT2D eigenvalue weighted by Gasteiger charge is 2.30. The molecule has 0 atom stereocenters. The fourth-order valence-corrected chi connectivity index (χ4v) is 1.59. The van der Waals surface area contributed by atoms with Gasteiger partial charge in [-0.3, -0.25) is 5.73 Å². The molecule has 3 nitrogen and oxygen atoms in total. The van der Waals surface area contributed by atoms with Crippen molar-refractivity contribution in [3.8, 4) is 0 Å². The first kappa shape index (κ1) is 11.0. The Morgan fingerprint density at radius 2 is 1.69 bits per heavy atom. The molecule has 0 aromatic rings. The lowest BCUT2D eigenvalue weighted by molar-refractivity contribution is -0.157. The molecule has 0 spiro atoms. The number of hydrogen-bond donors (Lipinski definition) is 1. The Hall–Kier alpha value is -0.120. The Morgan fingerprint density at radius 3 is 2.31 bits per heavy atom. The maximum Gasteiger partial charge on any atom is 0.224 e. The lowest BCUT2D eigenvalue weighted by Gasteiger charge is -2.21. The minimum Gasteiger partial charge on any atom is -0.335 e. The van der Waals surface area contributed by atoms with Gasteiger partial charge in [-0.15, -0.1) is 0 Å². The monoisotopic (exact) mass is 187 g/mol.